The molecule has 128 valence electrons. The van der Waals surface area contributed by atoms with Crippen LogP contribution in [0.4, 0.5) is 0 Å². The first-order valence-corrected chi connectivity index (χ1v) is 9.17. The monoisotopic (exact) mass is 334 g/mol. The molecule has 1 aliphatic rings. The van der Waals surface area contributed by atoms with E-state index in [4.69, 9.17) is 15.9 Å². The third-order valence-corrected chi connectivity index (χ3v) is 6.04. The Kier molecular flexibility index (Phi) is 8.81. The van der Waals surface area contributed by atoms with Gasteiger partial charge < -0.3 is 29.7 Å². The molecule has 7 atom stereocenters. The van der Waals surface area contributed by atoms with Crippen LogP contribution in [0.2, 0.25) is 0 Å². The van der Waals surface area contributed by atoms with Crippen LogP contribution in [-0.4, -0.2) is 69.3 Å². The van der Waals surface area contributed by atoms with Gasteiger partial charge in [-0.05, 0) is 19.0 Å². The predicted octanol–water partition coefficient (Wildman–Crippen LogP) is 0.412. The normalized spacial score (nSPS) is 34.9. The summed E-state index contributed by atoms with van der Waals surface area (Å²) in [6.07, 6.45) is 1.70. The fourth-order valence-electron chi connectivity index (χ4n) is 2.22. The van der Waals surface area contributed by atoms with Crippen LogP contribution in [0.1, 0.15) is 33.1 Å². The minimum absolute atomic E-state index is 0.202. The molecule has 0 aromatic carbocycles. The average Bonchev–Trinajstić information content (AvgIpc) is 2.52. The highest BCUT2D eigenvalue weighted by atomic mass is 31.1. The average molecular weight is 334 g/mol. The molecule has 0 saturated carbocycles. The summed E-state index contributed by atoms with van der Waals surface area (Å²) >= 11 is 0. The van der Waals surface area contributed by atoms with E-state index >= 15 is 0 Å². The second-order valence-electron chi connectivity index (χ2n) is 5.55. The van der Waals surface area contributed by atoms with E-state index < -0.39 is 38.9 Å². The molecule has 0 aromatic rings. The van der Waals surface area contributed by atoms with Crippen LogP contribution >= 0.6 is 8.15 Å². The molecule has 0 aromatic heterocycles. The molecule has 7 heteroatoms. The van der Waals surface area contributed by atoms with Crippen molar-refractivity contribution in [2.24, 2.45) is 0 Å². The summed E-state index contributed by atoms with van der Waals surface area (Å²) in [4.78, 5) is 10.1. The summed E-state index contributed by atoms with van der Waals surface area (Å²) in [6.45, 7) is 4.19. The van der Waals surface area contributed by atoms with Crippen LogP contribution in [0.25, 0.3) is 0 Å². The highest BCUT2D eigenvalue weighted by molar-refractivity contribution is 7.52. The first-order chi connectivity index (χ1) is 10.4. The molecule has 1 saturated heterocycles. The number of aliphatic hydroxyl groups is 3. The van der Waals surface area contributed by atoms with Crippen LogP contribution in [0.5, 0.6) is 0 Å². The quantitative estimate of drug-likeness (QED) is 0.292. The van der Waals surface area contributed by atoms with E-state index in [-0.39, 0.29) is 12.3 Å². The second kappa shape index (κ2) is 9.79. The summed E-state index contributed by atoms with van der Waals surface area (Å²) < 4.78 is 10.9. The van der Waals surface area contributed by atoms with Gasteiger partial charge in [0.1, 0.15) is 18.3 Å². The fourth-order valence-corrected chi connectivity index (χ4v) is 3.60. The maximum atomic E-state index is 10.1. The number of hydrogen-bond acceptors (Lipinski definition) is 6. The smallest absolute Gasteiger partial charge is 0.186 e. The topological polar surface area (TPSA) is 99.4 Å². The van der Waals surface area contributed by atoms with Gasteiger partial charge in [0.2, 0.25) is 0 Å². The van der Waals surface area contributed by atoms with E-state index in [1.165, 1.54) is 0 Å². The Morgan fingerprint density at radius 2 is 1.95 bits per heavy atom. The second-order valence-corrected chi connectivity index (χ2v) is 7.76. The number of terminal acetylenes is 1. The molecule has 22 heavy (non-hydrogen) atoms. The summed E-state index contributed by atoms with van der Waals surface area (Å²) in [5, 5.41) is 29.8. The lowest BCUT2D eigenvalue weighted by molar-refractivity contribution is -0.296. The van der Waals surface area contributed by atoms with Gasteiger partial charge in [-0.1, -0.05) is 13.8 Å². The molecule has 5 unspecified atom stereocenters. The van der Waals surface area contributed by atoms with Crippen LogP contribution in [0.15, 0.2) is 0 Å². The Labute approximate surface area is 133 Å². The predicted molar refractivity (Wildman–Crippen MR) is 84.5 cm³/mol. The van der Waals surface area contributed by atoms with E-state index in [9.17, 15) is 20.2 Å². The maximum Gasteiger partial charge on any atom is 0.186 e. The van der Waals surface area contributed by atoms with E-state index in [2.05, 4.69) is 5.92 Å². The zero-order valence-corrected chi connectivity index (χ0v) is 14.0. The summed E-state index contributed by atoms with van der Waals surface area (Å²) in [7, 11) is -1.14. The van der Waals surface area contributed by atoms with Gasteiger partial charge in [0.25, 0.3) is 0 Å². The lowest BCUT2D eigenvalue weighted by atomic mass is 9.97. The van der Waals surface area contributed by atoms with Gasteiger partial charge in [0, 0.05) is 20.2 Å². The molecule has 1 rings (SSSR count). The van der Waals surface area contributed by atoms with E-state index in [0.717, 1.165) is 6.42 Å². The molecule has 1 heterocycles. The van der Waals surface area contributed by atoms with Crippen molar-refractivity contribution >= 4 is 8.15 Å². The van der Waals surface area contributed by atoms with Crippen molar-refractivity contribution in [3.8, 4) is 12.3 Å². The number of ether oxygens (including phenoxy) is 2. The first kappa shape index (κ1) is 19.8. The zero-order valence-electron chi connectivity index (χ0n) is 13.1. The van der Waals surface area contributed by atoms with Crippen LogP contribution < -0.4 is 0 Å². The zero-order chi connectivity index (χ0) is 16.7. The van der Waals surface area contributed by atoms with Gasteiger partial charge in [-0.15, -0.1) is 12.3 Å². The summed E-state index contributed by atoms with van der Waals surface area (Å²) in [5.41, 5.74) is 0.217. The van der Waals surface area contributed by atoms with Crippen molar-refractivity contribution in [2.45, 2.75) is 69.5 Å². The Hall–Kier alpha value is -0.250. The lowest BCUT2D eigenvalue weighted by Crippen LogP contribution is -2.58. The third kappa shape index (κ3) is 5.43. The Morgan fingerprint density at radius 3 is 2.55 bits per heavy atom. The molecular formula is C15H27O6P. The van der Waals surface area contributed by atoms with Gasteiger partial charge in [0.15, 0.2) is 6.29 Å². The number of rotatable bonds is 8. The summed E-state index contributed by atoms with van der Waals surface area (Å²) in [5.74, 6) is 2.41. The first-order valence-electron chi connectivity index (χ1n) is 7.62. The fraction of sp³-hybridized carbons (Fsp3) is 0.867. The van der Waals surface area contributed by atoms with Crippen molar-refractivity contribution in [3.63, 3.8) is 0 Å². The standard InChI is InChI=1S/C15H27O6P/c1-4-6-8-20-15-14(18)13(17)12(16)11(21-15)7-9-22(19)10(3)5-2/h1,10-19H,5-9H2,2-3H3/t10?,11?,12-,13?,14?,15+,22?/m1/s1. The molecule has 0 radical (unpaired) electrons. The molecule has 6 nitrogen and oxygen atoms in total. The van der Waals surface area contributed by atoms with Crippen molar-refractivity contribution < 1.29 is 29.7 Å². The van der Waals surface area contributed by atoms with Crippen LogP contribution in [0.3, 0.4) is 0 Å². The minimum Gasteiger partial charge on any atom is -0.388 e. The maximum absolute atomic E-state index is 10.1. The highest BCUT2D eigenvalue weighted by Crippen LogP contribution is 2.40. The van der Waals surface area contributed by atoms with E-state index in [1.807, 2.05) is 13.8 Å². The SMILES string of the molecule is C#CCCO[C@H]1OC(CCP(O)C(C)CC)[C@@H](O)C(O)C1O. The number of aliphatic hydroxyl groups excluding tert-OH is 3. The third-order valence-electron chi connectivity index (χ3n) is 3.94. The molecule has 0 amide bonds. The number of hydrogen-bond donors (Lipinski definition) is 4. The van der Waals surface area contributed by atoms with Gasteiger partial charge in [-0.25, -0.2) is 0 Å². The van der Waals surface area contributed by atoms with Gasteiger partial charge >= 0.3 is 0 Å². The molecule has 0 aliphatic carbocycles. The molecule has 1 fully saturated rings. The summed E-state index contributed by atoms with van der Waals surface area (Å²) in [6, 6.07) is 0. The van der Waals surface area contributed by atoms with Gasteiger partial charge in [-0.3, -0.25) is 0 Å². The molecule has 4 N–H and O–H groups in total. The minimum atomic E-state index is -1.34. The molecule has 0 bridgehead atoms. The largest absolute Gasteiger partial charge is 0.388 e. The Bertz CT molecular complexity index is 360. The van der Waals surface area contributed by atoms with E-state index in [0.29, 0.717) is 19.0 Å². The molecule has 1 aliphatic heterocycles. The van der Waals surface area contributed by atoms with Gasteiger partial charge in [-0.2, -0.15) is 0 Å². The lowest BCUT2D eigenvalue weighted by Gasteiger charge is -2.40. The van der Waals surface area contributed by atoms with Crippen molar-refractivity contribution in [3.05, 3.63) is 0 Å². The van der Waals surface area contributed by atoms with Crippen molar-refractivity contribution in [2.75, 3.05) is 12.8 Å². The van der Waals surface area contributed by atoms with Crippen LogP contribution in [0, 0.1) is 12.3 Å². The highest BCUT2D eigenvalue weighted by Gasteiger charge is 2.44. The molecular weight excluding hydrogens is 307 g/mol. The van der Waals surface area contributed by atoms with Crippen molar-refractivity contribution in [1.29, 1.82) is 0 Å². The van der Waals surface area contributed by atoms with Crippen molar-refractivity contribution in [1.82, 2.24) is 0 Å². The Morgan fingerprint density at radius 1 is 1.27 bits per heavy atom. The molecule has 0 spiro atoms. The van der Waals surface area contributed by atoms with E-state index in [1.54, 1.807) is 0 Å². The Balaban J connectivity index is 2.55. The van der Waals surface area contributed by atoms with Crippen LogP contribution in [-0.2, 0) is 9.47 Å². The van der Waals surface area contributed by atoms with Gasteiger partial charge in [0.05, 0.1) is 12.7 Å².